The summed E-state index contributed by atoms with van der Waals surface area (Å²) in [4.78, 5) is 0. The van der Waals surface area contributed by atoms with Crippen molar-refractivity contribution >= 4 is 0 Å². The number of nitrogens with zero attached hydrogens (tertiary/aromatic N) is 1. The SMILES string of the molecule is Cc1ccc(-c2ccccc2C)c(C#N)c1. The third kappa shape index (κ3) is 1.83. The Morgan fingerprint density at radius 3 is 2.38 bits per heavy atom. The number of hydrogen-bond donors (Lipinski definition) is 0. The quantitative estimate of drug-likeness (QED) is 0.697. The van der Waals surface area contributed by atoms with Gasteiger partial charge in [-0.05, 0) is 42.2 Å². The van der Waals surface area contributed by atoms with Crippen LogP contribution >= 0.6 is 0 Å². The van der Waals surface area contributed by atoms with Gasteiger partial charge < -0.3 is 0 Å². The predicted octanol–water partition coefficient (Wildman–Crippen LogP) is 3.84. The lowest BCUT2D eigenvalue weighted by molar-refractivity contribution is 1.39. The Hall–Kier alpha value is -2.07. The molecule has 0 saturated carbocycles. The summed E-state index contributed by atoms with van der Waals surface area (Å²) in [6.45, 7) is 4.07. The second-order valence-electron chi connectivity index (χ2n) is 3.98. The summed E-state index contributed by atoms with van der Waals surface area (Å²) in [5.41, 5.74) is 5.22. The van der Waals surface area contributed by atoms with Gasteiger partial charge in [-0.3, -0.25) is 0 Å². The monoisotopic (exact) mass is 207 g/mol. The Kier molecular flexibility index (Phi) is 2.74. The maximum Gasteiger partial charge on any atom is 0.0998 e. The van der Waals surface area contributed by atoms with Gasteiger partial charge in [0.1, 0.15) is 0 Å². The lowest BCUT2D eigenvalue weighted by atomic mass is 9.95. The van der Waals surface area contributed by atoms with Crippen LogP contribution in [0, 0.1) is 25.2 Å². The van der Waals surface area contributed by atoms with Crippen LogP contribution in [0.4, 0.5) is 0 Å². The van der Waals surface area contributed by atoms with Crippen molar-refractivity contribution in [1.82, 2.24) is 0 Å². The normalized spacial score (nSPS) is 9.81. The van der Waals surface area contributed by atoms with E-state index in [1.54, 1.807) is 0 Å². The van der Waals surface area contributed by atoms with Crippen molar-refractivity contribution in [2.75, 3.05) is 0 Å². The van der Waals surface area contributed by atoms with Crippen LogP contribution < -0.4 is 0 Å². The van der Waals surface area contributed by atoms with Crippen molar-refractivity contribution in [3.8, 4) is 17.2 Å². The molecule has 2 aromatic carbocycles. The van der Waals surface area contributed by atoms with Gasteiger partial charge in [-0.2, -0.15) is 5.26 Å². The largest absolute Gasteiger partial charge is 0.192 e. The minimum absolute atomic E-state index is 0.745. The van der Waals surface area contributed by atoms with Crippen LogP contribution in [0.1, 0.15) is 16.7 Å². The molecule has 0 spiro atoms. The highest BCUT2D eigenvalue weighted by molar-refractivity contribution is 5.73. The van der Waals surface area contributed by atoms with E-state index in [4.69, 9.17) is 5.26 Å². The van der Waals surface area contributed by atoms with Gasteiger partial charge in [0, 0.05) is 0 Å². The minimum atomic E-state index is 0.745. The van der Waals surface area contributed by atoms with E-state index in [9.17, 15) is 0 Å². The second kappa shape index (κ2) is 4.20. The molecule has 1 heteroatoms. The smallest absolute Gasteiger partial charge is 0.0998 e. The fourth-order valence-corrected chi connectivity index (χ4v) is 1.86. The molecule has 78 valence electrons. The predicted molar refractivity (Wildman–Crippen MR) is 66.1 cm³/mol. The van der Waals surface area contributed by atoms with Gasteiger partial charge in [0.2, 0.25) is 0 Å². The molecule has 2 aromatic rings. The lowest BCUT2D eigenvalue weighted by Gasteiger charge is -2.08. The Labute approximate surface area is 96.0 Å². The van der Waals surface area contributed by atoms with Crippen LogP contribution in [0.25, 0.3) is 11.1 Å². The van der Waals surface area contributed by atoms with Gasteiger partial charge >= 0.3 is 0 Å². The van der Waals surface area contributed by atoms with E-state index >= 15 is 0 Å². The van der Waals surface area contributed by atoms with Gasteiger partial charge in [0.25, 0.3) is 0 Å². The van der Waals surface area contributed by atoms with Crippen LogP contribution in [-0.4, -0.2) is 0 Å². The van der Waals surface area contributed by atoms with Crippen LogP contribution in [0.5, 0.6) is 0 Å². The molecule has 16 heavy (non-hydrogen) atoms. The molecule has 1 nitrogen and oxygen atoms in total. The maximum atomic E-state index is 9.15. The van der Waals surface area contributed by atoms with E-state index in [0.717, 1.165) is 22.3 Å². The second-order valence-corrected chi connectivity index (χ2v) is 3.98. The average Bonchev–Trinajstić information content (AvgIpc) is 2.30. The Morgan fingerprint density at radius 1 is 0.938 bits per heavy atom. The molecular weight excluding hydrogens is 194 g/mol. The number of aryl methyl sites for hydroxylation is 2. The highest BCUT2D eigenvalue weighted by Gasteiger charge is 2.06. The molecule has 0 N–H and O–H groups in total. The van der Waals surface area contributed by atoms with E-state index in [2.05, 4.69) is 25.1 Å². The third-order valence-electron chi connectivity index (χ3n) is 2.73. The summed E-state index contributed by atoms with van der Waals surface area (Å²) < 4.78 is 0. The zero-order chi connectivity index (χ0) is 11.5. The molecule has 0 heterocycles. The summed E-state index contributed by atoms with van der Waals surface area (Å²) in [7, 11) is 0. The Balaban J connectivity index is 2.66. The molecule has 0 aliphatic rings. The van der Waals surface area contributed by atoms with Crippen molar-refractivity contribution in [2.45, 2.75) is 13.8 Å². The van der Waals surface area contributed by atoms with Crippen LogP contribution in [0.15, 0.2) is 42.5 Å². The van der Waals surface area contributed by atoms with Crippen LogP contribution in [-0.2, 0) is 0 Å². The highest BCUT2D eigenvalue weighted by Crippen LogP contribution is 2.26. The molecule has 0 radical (unpaired) electrons. The first-order valence-corrected chi connectivity index (χ1v) is 5.29. The number of benzene rings is 2. The Morgan fingerprint density at radius 2 is 1.69 bits per heavy atom. The average molecular weight is 207 g/mol. The van der Waals surface area contributed by atoms with E-state index < -0.39 is 0 Å². The van der Waals surface area contributed by atoms with Crippen LogP contribution in [0.2, 0.25) is 0 Å². The molecule has 0 bridgehead atoms. The molecule has 2 rings (SSSR count). The van der Waals surface area contributed by atoms with Crippen molar-refractivity contribution in [2.24, 2.45) is 0 Å². The first kappa shape index (κ1) is 10.4. The summed E-state index contributed by atoms with van der Waals surface area (Å²) >= 11 is 0. The minimum Gasteiger partial charge on any atom is -0.192 e. The van der Waals surface area contributed by atoms with E-state index in [-0.39, 0.29) is 0 Å². The van der Waals surface area contributed by atoms with Gasteiger partial charge in [0.05, 0.1) is 11.6 Å². The first-order chi connectivity index (χ1) is 7.72. The molecule has 0 unspecified atom stereocenters. The molecule has 0 atom stereocenters. The van der Waals surface area contributed by atoms with Gasteiger partial charge in [-0.25, -0.2) is 0 Å². The van der Waals surface area contributed by atoms with Gasteiger partial charge in [-0.15, -0.1) is 0 Å². The highest BCUT2D eigenvalue weighted by atomic mass is 14.2. The fraction of sp³-hybridized carbons (Fsp3) is 0.133. The summed E-state index contributed by atoms with van der Waals surface area (Å²) in [6, 6.07) is 16.4. The van der Waals surface area contributed by atoms with Crippen molar-refractivity contribution in [3.63, 3.8) is 0 Å². The maximum absolute atomic E-state index is 9.15. The van der Waals surface area contributed by atoms with Gasteiger partial charge in [0.15, 0.2) is 0 Å². The third-order valence-corrected chi connectivity index (χ3v) is 2.73. The molecule has 0 aliphatic heterocycles. The van der Waals surface area contributed by atoms with Crippen LogP contribution in [0.3, 0.4) is 0 Å². The zero-order valence-corrected chi connectivity index (χ0v) is 9.49. The number of nitriles is 1. The Bertz CT molecular complexity index is 562. The molecular formula is C15H13N. The molecule has 0 amide bonds. The number of rotatable bonds is 1. The standard InChI is InChI=1S/C15H13N/c1-11-7-8-15(13(9-11)10-16)14-6-4-3-5-12(14)2/h3-9H,1-2H3. The van der Waals surface area contributed by atoms with E-state index in [1.807, 2.05) is 37.3 Å². The summed E-state index contributed by atoms with van der Waals surface area (Å²) in [6.07, 6.45) is 0. The van der Waals surface area contributed by atoms with Gasteiger partial charge in [-0.1, -0.05) is 36.4 Å². The zero-order valence-electron chi connectivity index (χ0n) is 9.49. The summed E-state index contributed by atoms with van der Waals surface area (Å²) in [5, 5.41) is 9.15. The van der Waals surface area contributed by atoms with Crippen molar-refractivity contribution < 1.29 is 0 Å². The van der Waals surface area contributed by atoms with Crippen molar-refractivity contribution in [3.05, 3.63) is 59.2 Å². The molecule has 0 aliphatic carbocycles. The summed E-state index contributed by atoms with van der Waals surface area (Å²) in [5.74, 6) is 0. The van der Waals surface area contributed by atoms with E-state index in [0.29, 0.717) is 0 Å². The fourth-order valence-electron chi connectivity index (χ4n) is 1.86. The van der Waals surface area contributed by atoms with E-state index in [1.165, 1.54) is 5.56 Å². The number of hydrogen-bond acceptors (Lipinski definition) is 1. The van der Waals surface area contributed by atoms with Crippen molar-refractivity contribution in [1.29, 1.82) is 5.26 Å². The molecule has 0 saturated heterocycles. The molecule has 0 aromatic heterocycles. The molecule has 0 fully saturated rings. The topological polar surface area (TPSA) is 23.8 Å². The first-order valence-electron chi connectivity index (χ1n) is 5.29. The lowest BCUT2D eigenvalue weighted by Crippen LogP contribution is -1.88.